The van der Waals surface area contributed by atoms with Crippen LogP contribution in [0.2, 0.25) is 0 Å². The zero-order chi connectivity index (χ0) is 21.2. The van der Waals surface area contributed by atoms with Gasteiger partial charge in [-0.15, -0.1) is 5.92 Å². The Balaban J connectivity index is 0.00000190. The van der Waals surface area contributed by atoms with E-state index in [1.54, 1.807) is 43.3 Å². The summed E-state index contributed by atoms with van der Waals surface area (Å²) in [6.07, 6.45) is 0. The van der Waals surface area contributed by atoms with Crippen LogP contribution < -0.4 is 10.1 Å². The van der Waals surface area contributed by atoms with Gasteiger partial charge in [-0.25, -0.2) is 4.85 Å². The summed E-state index contributed by atoms with van der Waals surface area (Å²) >= 11 is 2.15. The number of benzene rings is 2. The van der Waals surface area contributed by atoms with Crippen molar-refractivity contribution in [3.8, 4) is 17.6 Å². The Morgan fingerprint density at radius 3 is 2.50 bits per heavy atom. The van der Waals surface area contributed by atoms with Crippen molar-refractivity contribution in [2.75, 3.05) is 16.9 Å². The molecule has 2 aromatic rings. The van der Waals surface area contributed by atoms with E-state index >= 15 is 0 Å². The van der Waals surface area contributed by atoms with Crippen LogP contribution in [0.4, 0.5) is 11.4 Å². The highest BCUT2D eigenvalue weighted by atomic mass is 125. The zero-order valence-electron chi connectivity index (χ0n) is 16.3. The number of carbonyl (C=O) groups excluding carboxylic acids is 1. The highest BCUT2D eigenvalue weighted by Crippen LogP contribution is 2.20. The number of amides is 1. The number of aliphatic hydroxyl groups is 1. The first-order chi connectivity index (χ1) is 13.4. The molecule has 0 aliphatic heterocycles. The molecular formula is C22H23IN2O3. The third-order valence-corrected chi connectivity index (χ3v) is 3.73. The lowest BCUT2D eigenvalue weighted by atomic mass is 10.1. The maximum atomic E-state index is 12.4. The maximum absolute atomic E-state index is 12.4. The van der Waals surface area contributed by atoms with Crippen LogP contribution in [0, 0.1) is 25.3 Å². The molecule has 0 aliphatic rings. The van der Waals surface area contributed by atoms with Gasteiger partial charge >= 0.3 is 0 Å². The Morgan fingerprint density at radius 2 is 1.93 bits per heavy atom. The number of alkyl halides is 1. The molecule has 2 aromatic carbocycles. The van der Waals surface area contributed by atoms with Crippen LogP contribution in [0.25, 0.3) is 4.85 Å². The summed E-state index contributed by atoms with van der Waals surface area (Å²) in [5, 5.41) is 13.1. The molecule has 5 nitrogen and oxygen atoms in total. The molecule has 2 rings (SSSR count). The fraction of sp³-hybridized carbons (Fsp3) is 0.273. The van der Waals surface area contributed by atoms with Gasteiger partial charge in [0.05, 0.1) is 6.57 Å². The fourth-order valence-corrected chi connectivity index (χ4v) is 2.14. The molecule has 0 unspecified atom stereocenters. The van der Waals surface area contributed by atoms with Crippen molar-refractivity contribution in [2.24, 2.45) is 0 Å². The molecule has 0 spiro atoms. The summed E-state index contributed by atoms with van der Waals surface area (Å²) in [7, 11) is 0. The lowest BCUT2D eigenvalue weighted by Gasteiger charge is -2.22. The van der Waals surface area contributed by atoms with E-state index in [4.69, 9.17) is 11.3 Å². The monoisotopic (exact) mass is 488 g/mol. The van der Waals surface area contributed by atoms with E-state index < -0.39 is 11.5 Å². The van der Waals surface area contributed by atoms with E-state index in [0.29, 0.717) is 17.1 Å². The second kappa shape index (κ2) is 11.3. The number of halogens is 1. The van der Waals surface area contributed by atoms with Gasteiger partial charge in [0.25, 0.3) is 5.91 Å². The van der Waals surface area contributed by atoms with Gasteiger partial charge in [0.2, 0.25) is 0 Å². The zero-order valence-corrected chi connectivity index (χ0v) is 18.5. The van der Waals surface area contributed by atoms with E-state index in [0.717, 1.165) is 11.1 Å². The molecule has 0 radical (unpaired) electrons. The maximum Gasteiger partial charge on any atom is 0.259 e. The first-order valence-electron chi connectivity index (χ1n) is 8.41. The largest absolute Gasteiger partial charge is 0.490 e. The molecule has 1 amide bonds. The van der Waals surface area contributed by atoms with Gasteiger partial charge in [-0.2, -0.15) is 0 Å². The minimum atomic E-state index is -1.72. The Kier molecular flexibility index (Phi) is 9.50. The molecule has 2 N–H and O–H groups in total. The van der Waals surface area contributed by atoms with E-state index in [-0.39, 0.29) is 6.61 Å². The number of ether oxygens (including phenoxy) is 1. The van der Waals surface area contributed by atoms with Crippen LogP contribution in [0.15, 0.2) is 42.5 Å². The van der Waals surface area contributed by atoms with Gasteiger partial charge in [0.15, 0.2) is 11.3 Å². The van der Waals surface area contributed by atoms with Gasteiger partial charge < -0.3 is 15.2 Å². The predicted octanol–water partition coefficient (Wildman–Crippen LogP) is 4.74. The second-order valence-corrected chi connectivity index (χ2v) is 6.03. The van der Waals surface area contributed by atoms with Crippen LogP contribution in [0.3, 0.4) is 0 Å². The SMILES string of the molecule is C[125I].[C-]#[N+]c1ccc(OC[C@](C)(O)C(=O)Nc2ccc(C)c(C#CC)c2)cc1. The van der Waals surface area contributed by atoms with Gasteiger partial charge in [-0.3, -0.25) is 4.79 Å². The molecule has 28 heavy (non-hydrogen) atoms. The van der Waals surface area contributed by atoms with Crippen LogP contribution in [0.5, 0.6) is 5.75 Å². The molecule has 0 fully saturated rings. The Hall–Kier alpha value is -2.55. The third-order valence-electron chi connectivity index (χ3n) is 3.73. The minimum absolute atomic E-state index is 0.219. The number of carbonyl (C=O) groups is 1. The van der Waals surface area contributed by atoms with E-state index in [9.17, 15) is 9.90 Å². The summed E-state index contributed by atoms with van der Waals surface area (Å²) in [5.41, 5.74) is 1.16. The Bertz CT molecular complexity index is 904. The minimum Gasteiger partial charge on any atom is -0.490 e. The topological polar surface area (TPSA) is 62.9 Å². The molecule has 1 atom stereocenters. The van der Waals surface area contributed by atoms with Crippen LogP contribution in [-0.4, -0.2) is 28.2 Å². The number of nitrogens with zero attached hydrogens (tertiary/aromatic N) is 1. The quantitative estimate of drug-likeness (QED) is 0.277. The number of rotatable bonds is 5. The molecule has 0 aliphatic carbocycles. The number of nitrogens with one attached hydrogen (secondary N) is 1. The summed E-state index contributed by atoms with van der Waals surface area (Å²) < 4.78 is 5.47. The normalized spacial score (nSPS) is 11.5. The fourth-order valence-electron chi connectivity index (χ4n) is 2.14. The van der Waals surface area contributed by atoms with Crippen molar-refractivity contribution in [3.05, 3.63) is 65.0 Å². The smallest absolute Gasteiger partial charge is 0.259 e. The van der Waals surface area contributed by atoms with Gasteiger partial charge in [0, 0.05) is 11.3 Å². The highest BCUT2D eigenvalue weighted by molar-refractivity contribution is 14.1. The van der Waals surface area contributed by atoms with Crippen LogP contribution >= 0.6 is 22.6 Å². The number of hydrogen-bond acceptors (Lipinski definition) is 3. The van der Waals surface area contributed by atoms with Crippen molar-refractivity contribution < 1.29 is 14.6 Å². The van der Waals surface area contributed by atoms with E-state index in [2.05, 4.69) is 44.6 Å². The molecule has 0 saturated carbocycles. The highest BCUT2D eigenvalue weighted by Gasteiger charge is 2.31. The molecule has 146 valence electrons. The van der Waals surface area contributed by atoms with Crippen molar-refractivity contribution >= 4 is 39.9 Å². The summed E-state index contributed by atoms with van der Waals surface area (Å²) in [4.78, 5) is 17.7. The summed E-state index contributed by atoms with van der Waals surface area (Å²) in [5.74, 6) is 5.71. The number of anilines is 1. The van der Waals surface area contributed by atoms with Crippen LogP contribution in [-0.2, 0) is 4.79 Å². The predicted molar refractivity (Wildman–Crippen MR) is 121 cm³/mol. The molecule has 0 saturated heterocycles. The Labute approximate surface area is 180 Å². The van der Waals surface area contributed by atoms with E-state index in [1.807, 2.05) is 17.9 Å². The number of hydrogen-bond donors (Lipinski definition) is 2. The van der Waals surface area contributed by atoms with Crippen molar-refractivity contribution in [1.82, 2.24) is 0 Å². The molecule has 0 aromatic heterocycles. The summed E-state index contributed by atoms with van der Waals surface area (Å²) in [6.45, 7) is 11.8. The van der Waals surface area contributed by atoms with Gasteiger partial charge in [-0.1, -0.05) is 46.7 Å². The van der Waals surface area contributed by atoms with Gasteiger partial charge in [0.1, 0.15) is 12.4 Å². The van der Waals surface area contributed by atoms with Crippen LogP contribution in [0.1, 0.15) is 25.0 Å². The third kappa shape index (κ3) is 6.88. The van der Waals surface area contributed by atoms with Crippen molar-refractivity contribution in [1.29, 1.82) is 0 Å². The van der Waals surface area contributed by atoms with E-state index in [1.165, 1.54) is 6.92 Å². The Morgan fingerprint density at radius 1 is 1.29 bits per heavy atom. The summed E-state index contributed by atoms with van der Waals surface area (Å²) in [6, 6.07) is 11.9. The first kappa shape index (κ1) is 23.5. The lowest BCUT2D eigenvalue weighted by molar-refractivity contribution is -0.135. The molecular weight excluding hydrogens is 465 g/mol. The van der Waals surface area contributed by atoms with Crippen molar-refractivity contribution in [2.45, 2.75) is 26.4 Å². The van der Waals surface area contributed by atoms with Crippen molar-refractivity contribution in [3.63, 3.8) is 0 Å². The standard InChI is InChI=1S/C21H20N2O3.CH3I/c1-5-6-16-13-18(8-7-15(16)2)23-20(24)21(3,25)14-26-19-11-9-17(22-4)10-12-19;1-2/h7-13,25H,14H2,1-3H3,(H,23,24);1H3/t21-;/m0./s1/i;2-2. The molecule has 0 bridgehead atoms. The second-order valence-electron chi connectivity index (χ2n) is 6.03. The molecule has 0 heterocycles. The first-order valence-corrected chi connectivity index (χ1v) is 10.6. The number of aryl methyl sites for hydroxylation is 1. The van der Waals surface area contributed by atoms with Gasteiger partial charge in [-0.05, 0) is 55.5 Å². The average Bonchev–Trinajstić information content (AvgIpc) is 2.71. The average molecular weight is 488 g/mol. The molecule has 6 heteroatoms. The lowest BCUT2D eigenvalue weighted by Crippen LogP contribution is -2.45.